The standard InChI is InChI=1S/C14H21FN2O/c1-10-8-11(6-7-12(10)15)9-17(5)13(18)14(2,3)16-4/h6-8,16H,9H2,1-5H3. The molecule has 0 fully saturated rings. The van der Waals surface area contributed by atoms with E-state index in [1.165, 1.54) is 6.07 Å². The molecule has 3 nitrogen and oxygen atoms in total. The van der Waals surface area contributed by atoms with Crippen LogP contribution in [0.4, 0.5) is 4.39 Å². The van der Waals surface area contributed by atoms with Crippen LogP contribution in [0.5, 0.6) is 0 Å². The zero-order valence-electron chi connectivity index (χ0n) is 11.7. The minimum absolute atomic E-state index is 0.00646. The second kappa shape index (κ2) is 5.48. The van der Waals surface area contributed by atoms with Gasteiger partial charge in [0.25, 0.3) is 0 Å². The minimum Gasteiger partial charge on any atom is -0.340 e. The third kappa shape index (κ3) is 3.29. The maximum absolute atomic E-state index is 13.1. The number of benzene rings is 1. The van der Waals surface area contributed by atoms with E-state index in [0.29, 0.717) is 12.1 Å². The Kier molecular flexibility index (Phi) is 4.46. The smallest absolute Gasteiger partial charge is 0.242 e. The normalized spacial score (nSPS) is 11.4. The number of carbonyl (C=O) groups excluding carboxylic acids is 1. The fourth-order valence-electron chi connectivity index (χ4n) is 1.73. The Bertz CT molecular complexity index is 443. The molecule has 0 aliphatic carbocycles. The molecule has 0 saturated carbocycles. The largest absolute Gasteiger partial charge is 0.340 e. The maximum Gasteiger partial charge on any atom is 0.242 e. The molecule has 0 spiro atoms. The fraction of sp³-hybridized carbons (Fsp3) is 0.500. The molecule has 1 rings (SSSR count). The lowest BCUT2D eigenvalue weighted by molar-refractivity contribution is -0.136. The molecule has 1 N–H and O–H groups in total. The highest BCUT2D eigenvalue weighted by Crippen LogP contribution is 2.13. The third-order valence-electron chi connectivity index (χ3n) is 3.15. The van der Waals surface area contributed by atoms with E-state index in [2.05, 4.69) is 5.32 Å². The summed E-state index contributed by atoms with van der Waals surface area (Å²) in [5.41, 5.74) is 0.932. The van der Waals surface area contributed by atoms with Gasteiger partial charge in [0.15, 0.2) is 0 Å². The van der Waals surface area contributed by atoms with Gasteiger partial charge in [0.2, 0.25) is 5.91 Å². The van der Waals surface area contributed by atoms with E-state index >= 15 is 0 Å². The van der Waals surface area contributed by atoms with Gasteiger partial charge in [0.1, 0.15) is 5.82 Å². The van der Waals surface area contributed by atoms with E-state index in [1.54, 1.807) is 38.1 Å². The summed E-state index contributed by atoms with van der Waals surface area (Å²) < 4.78 is 13.1. The molecule has 1 aromatic carbocycles. The second-order valence-corrected chi connectivity index (χ2v) is 5.12. The van der Waals surface area contributed by atoms with Gasteiger partial charge in [-0.3, -0.25) is 4.79 Å². The van der Waals surface area contributed by atoms with Crippen LogP contribution in [0.25, 0.3) is 0 Å². The Morgan fingerprint density at radius 3 is 2.56 bits per heavy atom. The van der Waals surface area contributed by atoms with Crippen LogP contribution in [0.15, 0.2) is 18.2 Å². The highest BCUT2D eigenvalue weighted by Gasteiger charge is 2.28. The van der Waals surface area contributed by atoms with Crippen molar-refractivity contribution in [1.29, 1.82) is 0 Å². The van der Waals surface area contributed by atoms with Crippen LogP contribution in [0.1, 0.15) is 25.0 Å². The van der Waals surface area contributed by atoms with Crippen molar-refractivity contribution in [1.82, 2.24) is 10.2 Å². The van der Waals surface area contributed by atoms with Crippen molar-refractivity contribution < 1.29 is 9.18 Å². The number of nitrogens with zero attached hydrogens (tertiary/aromatic N) is 1. The van der Waals surface area contributed by atoms with Crippen molar-refractivity contribution in [3.05, 3.63) is 35.1 Å². The predicted molar refractivity (Wildman–Crippen MR) is 70.7 cm³/mol. The van der Waals surface area contributed by atoms with Gasteiger partial charge in [-0.2, -0.15) is 0 Å². The zero-order valence-corrected chi connectivity index (χ0v) is 11.7. The van der Waals surface area contributed by atoms with Gasteiger partial charge >= 0.3 is 0 Å². The molecule has 18 heavy (non-hydrogen) atoms. The average molecular weight is 252 g/mol. The first-order chi connectivity index (χ1) is 8.27. The molecule has 0 atom stereocenters. The maximum atomic E-state index is 13.1. The number of nitrogens with one attached hydrogen (secondary N) is 1. The summed E-state index contributed by atoms with van der Waals surface area (Å²) in [6.45, 7) is 5.87. The molecule has 0 heterocycles. The van der Waals surface area contributed by atoms with E-state index in [9.17, 15) is 9.18 Å². The van der Waals surface area contributed by atoms with Crippen LogP contribution in [0.3, 0.4) is 0 Å². The summed E-state index contributed by atoms with van der Waals surface area (Å²) in [7, 11) is 3.51. The van der Waals surface area contributed by atoms with Gasteiger partial charge in [-0.05, 0) is 45.0 Å². The summed E-state index contributed by atoms with van der Waals surface area (Å²) >= 11 is 0. The van der Waals surface area contributed by atoms with Crippen molar-refractivity contribution in [3.63, 3.8) is 0 Å². The van der Waals surface area contributed by atoms with Gasteiger partial charge < -0.3 is 10.2 Å². The zero-order chi connectivity index (χ0) is 13.9. The third-order valence-corrected chi connectivity index (χ3v) is 3.15. The Morgan fingerprint density at radius 1 is 1.44 bits per heavy atom. The first-order valence-electron chi connectivity index (χ1n) is 5.97. The quantitative estimate of drug-likeness (QED) is 0.890. The molecule has 1 amide bonds. The van der Waals surface area contributed by atoms with E-state index in [1.807, 2.05) is 13.8 Å². The molecule has 0 aliphatic rings. The molecular formula is C14H21FN2O. The topological polar surface area (TPSA) is 32.3 Å². The van der Waals surface area contributed by atoms with Gasteiger partial charge in [-0.15, -0.1) is 0 Å². The molecule has 0 aliphatic heterocycles. The summed E-state index contributed by atoms with van der Waals surface area (Å²) in [5.74, 6) is -0.213. The summed E-state index contributed by atoms with van der Waals surface area (Å²) in [6, 6.07) is 4.91. The van der Waals surface area contributed by atoms with Crippen LogP contribution < -0.4 is 5.32 Å². The van der Waals surface area contributed by atoms with Crippen molar-refractivity contribution >= 4 is 5.91 Å². The van der Waals surface area contributed by atoms with Crippen LogP contribution in [0, 0.1) is 12.7 Å². The van der Waals surface area contributed by atoms with Gasteiger partial charge in [0, 0.05) is 13.6 Å². The van der Waals surface area contributed by atoms with Crippen LogP contribution in [0.2, 0.25) is 0 Å². The Morgan fingerprint density at radius 2 is 2.06 bits per heavy atom. The van der Waals surface area contributed by atoms with Crippen molar-refractivity contribution in [3.8, 4) is 0 Å². The highest BCUT2D eigenvalue weighted by atomic mass is 19.1. The Hall–Kier alpha value is -1.42. The summed E-state index contributed by atoms with van der Waals surface area (Å²) in [4.78, 5) is 13.8. The van der Waals surface area contributed by atoms with Crippen molar-refractivity contribution in [2.45, 2.75) is 32.9 Å². The van der Waals surface area contributed by atoms with Crippen molar-refractivity contribution in [2.24, 2.45) is 0 Å². The molecule has 1 aromatic rings. The minimum atomic E-state index is -0.593. The molecule has 4 heteroatoms. The lowest BCUT2D eigenvalue weighted by Gasteiger charge is -2.29. The Balaban J connectivity index is 2.78. The first kappa shape index (κ1) is 14.6. The van der Waals surface area contributed by atoms with Gasteiger partial charge in [-0.25, -0.2) is 4.39 Å². The first-order valence-corrected chi connectivity index (χ1v) is 5.97. The average Bonchev–Trinajstić information content (AvgIpc) is 2.32. The number of rotatable bonds is 4. The highest BCUT2D eigenvalue weighted by molar-refractivity contribution is 5.85. The number of halogens is 1. The van der Waals surface area contributed by atoms with Crippen LogP contribution in [-0.4, -0.2) is 30.4 Å². The fourth-order valence-corrected chi connectivity index (χ4v) is 1.73. The Labute approximate surface area is 108 Å². The molecule has 0 saturated heterocycles. The number of hydrogen-bond acceptors (Lipinski definition) is 2. The lowest BCUT2D eigenvalue weighted by Crippen LogP contribution is -2.51. The van der Waals surface area contributed by atoms with E-state index in [-0.39, 0.29) is 11.7 Å². The molecule has 0 bridgehead atoms. The second-order valence-electron chi connectivity index (χ2n) is 5.12. The number of carbonyl (C=O) groups is 1. The number of amides is 1. The predicted octanol–water partition coefficient (Wildman–Crippen LogP) is 2.09. The van der Waals surface area contributed by atoms with Gasteiger partial charge in [-0.1, -0.05) is 12.1 Å². The monoisotopic (exact) mass is 252 g/mol. The summed E-state index contributed by atoms with van der Waals surface area (Å²) in [5, 5.41) is 2.98. The van der Waals surface area contributed by atoms with Crippen LogP contribution >= 0.6 is 0 Å². The van der Waals surface area contributed by atoms with E-state index in [4.69, 9.17) is 0 Å². The molecular weight excluding hydrogens is 231 g/mol. The molecule has 100 valence electrons. The van der Waals surface area contributed by atoms with Gasteiger partial charge in [0.05, 0.1) is 5.54 Å². The van der Waals surface area contributed by atoms with Crippen LogP contribution in [-0.2, 0) is 11.3 Å². The molecule has 0 radical (unpaired) electrons. The summed E-state index contributed by atoms with van der Waals surface area (Å²) in [6.07, 6.45) is 0. The molecule has 0 aromatic heterocycles. The number of likely N-dealkylation sites (N-methyl/N-ethyl adjacent to an activating group) is 2. The SMILES string of the molecule is CNC(C)(C)C(=O)N(C)Cc1ccc(F)c(C)c1. The van der Waals surface area contributed by atoms with E-state index < -0.39 is 5.54 Å². The lowest BCUT2D eigenvalue weighted by atomic mass is 10.0. The molecule has 0 unspecified atom stereocenters. The van der Waals surface area contributed by atoms with E-state index in [0.717, 1.165) is 5.56 Å². The van der Waals surface area contributed by atoms with Crippen molar-refractivity contribution in [2.75, 3.05) is 14.1 Å². The number of aryl methyl sites for hydroxylation is 1. The number of hydrogen-bond donors (Lipinski definition) is 1.